The Hall–Kier alpha value is -1.13. The van der Waals surface area contributed by atoms with Crippen molar-refractivity contribution in [1.82, 2.24) is 5.48 Å². The van der Waals surface area contributed by atoms with Crippen LogP contribution in [0.2, 0.25) is 0 Å². The van der Waals surface area contributed by atoms with Gasteiger partial charge in [0.15, 0.2) is 11.6 Å². The SMILES string of the molecule is CONCc1cc(C)cc(O)c1F. The third-order valence-corrected chi connectivity index (χ3v) is 1.68. The Morgan fingerprint density at radius 2 is 2.23 bits per heavy atom. The molecule has 0 aliphatic heterocycles. The number of phenols is 1. The molecule has 0 spiro atoms. The van der Waals surface area contributed by atoms with Crippen molar-refractivity contribution >= 4 is 0 Å². The molecule has 1 aromatic carbocycles. The minimum absolute atomic E-state index is 0.234. The summed E-state index contributed by atoms with van der Waals surface area (Å²) in [4.78, 5) is 4.58. The average molecular weight is 185 g/mol. The first-order valence-corrected chi connectivity index (χ1v) is 3.89. The van der Waals surface area contributed by atoms with Crippen molar-refractivity contribution in [2.75, 3.05) is 7.11 Å². The summed E-state index contributed by atoms with van der Waals surface area (Å²) in [7, 11) is 1.45. The minimum atomic E-state index is -0.602. The first-order chi connectivity index (χ1) is 6.15. The second kappa shape index (κ2) is 4.20. The third kappa shape index (κ3) is 2.40. The van der Waals surface area contributed by atoms with Crippen molar-refractivity contribution in [3.63, 3.8) is 0 Å². The molecule has 0 atom stereocenters. The molecule has 0 saturated carbocycles. The zero-order valence-electron chi connectivity index (χ0n) is 7.60. The Kier molecular flexibility index (Phi) is 3.22. The quantitative estimate of drug-likeness (QED) is 0.701. The Balaban J connectivity index is 2.92. The molecule has 3 nitrogen and oxygen atoms in total. The molecule has 0 aliphatic carbocycles. The standard InChI is InChI=1S/C9H12FNO2/c1-6-3-7(5-11-13-2)9(10)8(12)4-6/h3-4,11-12H,5H2,1-2H3. The predicted molar refractivity (Wildman–Crippen MR) is 46.7 cm³/mol. The van der Waals surface area contributed by atoms with Gasteiger partial charge in [0.05, 0.1) is 7.11 Å². The number of halogens is 1. The van der Waals surface area contributed by atoms with Gasteiger partial charge in [0, 0.05) is 12.1 Å². The Bertz CT molecular complexity index is 302. The van der Waals surface area contributed by atoms with Gasteiger partial charge in [-0.3, -0.25) is 0 Å². The van der Waals surface area contributed by atoms with E-state index in [1.165, 1.54) is 13.2 Å². The number of rotatable bonds is 3. The summed E-state index contributed by atoms with van der Waals surface area (Å²) in [6.07, 6.45) is 0. The summed E-state index contributed by atoms with van der Waals surface area (Å²) in [5, 5.41) is 9.14. The van der Waals surface area contributed by atoms with Gasteiger partial charge in [0.25, 0.3) is 0 Å². The Morgan fingerprint density at radius 3 is 2.85 bits per heavy atom. The maximum absolute atomic E-state index is 13.2. The van der Waals surface area contributed by atoms with Gasteiger partial charge in [-0.2, -0.15) is 5.48 Å². The van der Waals surface area contributed by atoms with Crippen LogP contribution in [0.1, 0.15) is 11.1 Å². The highest BCUT2D eigenvalue weighted by Crippen LogP contribution is 2.21. The molecule has 2 N–H and O–H groups in total. The molecule has 0 heterocycles. The van der Waals surface area contributed by atoms with Crippen molar-refractivity contribution in [2.24, 2.45) is 0 Å². The molecule has 0 unspecified atom stereocenters. The highest BCUT2D eigenvalue weighted by atomic mass is 19.1. The summed E-state index contributed by atoms with van der Waals surface area (Å²) in [6.45, 7) is 2.02. The van der Waals surface area contributed by atoms with E-state index in [1.807, 2.05) is 0 Å². The lowest BCUT2D eigenvalue weighted by atomic mass is 10.1. The largest absolute Gasteiger partial charge is 0.505 e. The number of hydrogen-bond acceptors (Lipinski definition) is 3. The molecule has 13 heavy (non-hydrogen) atoms. The lowest BCUT2D eigenvalue weighted by molar-refractivity contribution is 0.0858. The average Bonchev–Trinajstić information content (AvgIpc) is 2.09. The van der Waals surface area contributed by atoms with Crippen LogP contribution < -0.4 is 5.48 Å². The number of nitrogens with one attached hydrogen (secondary N) is 1. The van der Waals surface area contributed by atoms with E-state index in [0.29, 0.717) is 5.56 Å². The van der Waals surface area contributed by atoms with Crippen LogP contribution in [0.4, 0.5) is 4.39 Å². The first-order valence-electron chi connectivity index (χ1n) is 3.89. The highest BCUT2D eigenvalue weighted by Gasteiger charge is 2.07. The topological polar surface area (TPSA) is 41.5 Å². The van der Waals surface area contributed by atoms with Crippen molar-refractivity contribution in [2.45, 2.75) is 13.5 Å². The van der Waals surface area contributed by atoms with E-state index < -0.39 is 5.82 Å². The van der Waals surface area contributed by atoms with E-state index in [-0.39, 0.29) is 12.3 Å². The molecule has 4 heteroatoms. The third-order valence-electron chi connectivity index (χ3n) is 1.68. The maximum atomic E-state index is 13.2. The highest BCUT2D eigenvalue weighted by molar-refractivity contribution is 5.34. The zero-order chi connectivity index (χ0) is 9.84. The molecule has 0 amide bonds. The molecular weight excluding hydrogens is 173 g/mol. The van der Waals surface area contributed by atoms with Crippen LogP contribution in [0.5, 0.6) is 5.75 Å². The normalized spacial score (nSPS) is 10.4. The van der Waals surface area contributed by atoms with E-state index in [9.17, 15) is 4.39 Å². The predicted octanol–water partition coefficient (Wildman–Crippen LogP) is 1.49. The summed E-state index contributed by atoms with van der Waals surface area (Å²) in [6, 6.07) is 3.03. The summed E-state index contributed by atoms with van der Waals surface area (Å²) >= 11 is 0. The Morgan fingerprint density at radius 1 is 1.54 bits per heavy atom. The zero-order valence-corrected chi connectivity index (χ0v) is 7.60. The van der Waals surface area contributed by atoms with E-state index in [1.54, 1.807) is 13.0 Å². The number of hydroxylamine groups is 1. The number of hydrogen-bond donors (Lipinski definition) is 2. The fourth-order valence-electron chi connectivity index (χ4n) is 1.10. The lowest BCUT2D eigenvalue weighted by Gasteiger charge is -2.06. The number of aromatic hydroxyl groups is 1. The molecular formula is C9H12FNO2. The molecule has 0 aromatic heterocycles. The van der Waals surface area contributed by atoms with Gasteiger partial charge < -0.3 is 9.94 Å². The van der Waals surface area contributed by atoms with Crippen LogP contribution in [0.25, 0.3) is 0 Å². The smallest absolute Gasteiger partial charge is 0.169 e. The summed E-state index contributed by atoms with van der Waals surface area (Å²) < 4.78 is 13.2. The van der Waals surface area contributed by atoms with Crippen LogP contribution in [-0.4, -0.2) is 12.2 Å². The number of benzene rings is 1. The van der Waals surface area contributed by atoms with E-state index in [4.69, 9.17) is 5.11 Å². The van der Waals surface area contributed by atoms with Crippen molar-refractivity contribution < 1.29 is 14.3 Å². The maximum Gasteiger partial charge on any atom is 0.169 e. The van der Waals surface area contributed by atoms with Crippen molar-refractivity contribution in [1.29, 1.82) is 0 Å². The number of aryl methyl sites for hydroxylation is 1. The van der Waals surface area contributed by atoms with Gasteiger partial charge in [-0.15, -0.1) is 0 Å². The molecule has 0 radical (unpaired) electrons. The van der Waals surface area contributed by atoms with Crippen LogP contribution in [0.3, 0.4) is 0 Å². The number of phenolic OH excluding ortho intramolecular Hbond substituents is 1. The molecule has 72 valence electrons. The van der Waals surface area contributed by atoms with Gasteiger partial charge in [-0.05, 0) is 18.6 Å². The monoisotopic (exact) mass is 185 g/mol. The molecule has 0 bridgehead atoms. The van der Waals surface area contributed by atoms with Gasteiger partial charge in [-0.25, -0.2) is 4.39 Å². The first kappa shape index (κ1) is 9.95. The fourth-order valence-corrected chi connectivity index (χ4v) is 1.10. The molecule has 1 rings (SSSR count). The second-order valence-corrected chi connectivity index (χ2v) is 2.78. The minimum Gasteiger partial charge on any atom is -0.505 e. The van der Waals surface area contributed by atoms with Crippen molar-refractivity contribution in [3.05, 3.63) is 29.1 Å². The van der Waals surface area contributed by atoms with Crippen molar-refractivity contribution in [3.8, 4) is 5.75 Å². The summed E-state index contributed by atoms with van der Waals surface area (Å²) in [5.41, 5.74) is 3.71. The molecule has 0 fully saturated rings. The van der Waals surface area contributed by atoms with Crippen LogP contribution in [0, 0.1) is 12.7 Å². The van der Waals surface area contributed by atoms with Gasteiger partial charge in [0.1, 0.15) is 0 Å². The van der Waals surface area contributed by atoms with E-state index in [2.05, 4.69) is 10.3 Å². The van der Waals surface area contributed by atoms with E-state index in [0.717, 1.165) is 5.56 Å². The van der Waals surface area contributed by atoms with Crippen LogP contribution in [-0.2, 0) is 11.4 Å². The van der Waals surface area contributed by atoms with Gasteiger partial charge in [0.2, 0.25) is 0 Å². The van der Waals surface area contributed by atoms with E-state index >= 15 is 0 Å². The Labute approximate surface area is 76.1 Å². The van der Waals surface area contributed by atoms with Crippen LogP contribution in [0.15, 0.2) is 12.1 Å². The molecule has 1 aromatic rings. The molecule has 0 saturated heterocycles. The van der Waals surface area contributed by atoms with Gasteiger partial charge >= 0.3 is 0 Å². The lowest BCUT2D eigenvalue weighted by Crippen LogP contribution is -2.12. The fraction of sp³-hybridized carbons (Fsp3) is 0.333. The second-order valence-electron chi connectivity index (χ2n) is 2.78. The van der Waals surface area contributed by atoms with Gasteiger partial charge in [-0.1, -0.05) is 6.07 Å². The van der Waals surface area contributed by atoms with Crippen LogP contribution >= 0.6 is 0 Å². The summed E-state index contributed by atoms with van der Waals surface area (Å²) in [5.74, 6) is -0.928. The molecule has 0 aliphatic rings.